The summed E-state index contributed by atoms with van der Waals surface area (Å²) in [4.78, 5) is 9.27. The third-order valence-electron chi connectivity index (χ3n) is 3.84. The molecule has 0 fully saturated rings. The van der Waals surface area contributed by atoms with Gasteiger partial charge in [0.05, 0.1) is 11.2 Å². The summed E-state index contributed by atoms with van der Waals surface area (Å²) in [6, 6.07) is 27.0. The van der Waals surface area contributed by atoms with E-state index in [0.717, 1.165) is 26.0 Å². The molecule has 0 amide bonds. The molecular formula is C20H13IN2. The van der Waals surface area contributed by atoms with Gasteiger partial charge < -0.3 is 0 Å². The summed E-state index contributed by atoms with van der Waals surface area (Å²) in [5, 5.41) is 1.08. The molecule has 1 aromatic heterocycles. The number of halogens is 1. The first-order valence-electron chi connectivity index (χ1n) is 7.40. The van der Waals surface area contributed by atoms with Gasteiger partial charge in [0, 0.05) is 33.5 Å². The fourth-order valence-electron chi connectivity index (χ4n) is 2.81. The first kappa shape index (κ1) is 14.3. The Morgan fingerprint density at radius 3 is 2.09 bits per heavy atom. The van der Waals surface area contributed by atoms with Gasteiger partial charge in [-0.2, -0.15) is 0 Å². The maximum absolute atomic E-state index is 4.73. The molecule has 23 heavy (non-hydrogen) atoms. The normalized spacial score (nSPS) is 10.8. The maximum atomic E-state index is 4.73. The molecule has 0 bridgehead atoms. The highest BCUT2D eigenvalue weighted by Gasteiger charge is 2.12. The number of nitrogens with zero attached hydrogens (tertiary/aromatic N) is 2. The molecule has 3 aromatic carbocycles. The molecule has 0 spiro atoms. The van der Waals surface area contributed by atoms with E-state index >= 15 is 0 Å². The van der Waals surface area contributed by atoms with Crippen molar-refractivity contribution in [1.29, 1.82) is 0 Å². The van der Waals surface area contributed by atoms with E-state index in [1.54, 1.807) is 0 Å². The number of para-hydroxylation sites is 1. The van der Waals surface area contributed by atoms with Crippen LogP contribution in [0.5, 0.6) is 0 Å². The van der Waals surface area contributed by atoms with Crippen molar-refractivity contribution < 1.29 is 0 Å². The number of fused-ring (bicyclic) bond motifs is 1. The van der Waals surface area contributed by atoms with E-state index in [0.29, 0.717) is 0 Å². The van der Waals surface area contributed by atoms with Crippen molar-refractivity contribution in [2.45, 2.75) is 0 Å². The zero-order chi connectivity index (χ0) is 15.6. The van der Waals surface area contributed by atoms with Crippen LogP contribution in [-0.2, 0) is 0 Å². The van der Waals surface area contributed by atoms with E-state index in [4.69, 9.17) is 4.98 Å². The molecule has 0 radical (unpaired) electrons. The molecule has 0 saturated heterocycles. The van der Waals surface area contributed by atoms with Crippen molar-refractivity contribution in [3.8, 4) is 22.4 Å². The number of hydrogen-bond donors (Lipinski definition) is 0. The van der Waals surface area contributed by atoms with Crippen LogP contribution in [0.15, 0.2) is 78.9 Å². The van der Waals surface area contributed by atoms with Gasteiger partial charge in [0.1, 0.15) is 0 Å². The minimum Gasteiger partial charge on any atom is -0.223 e. The van der Waals surface area contributed by atoms with Crippen LogP contribution in [0, 0.1) is 3.83 Å². The molecule has 4 rings (SSSR count). The van der Waals surface area contributed by atoms with Crippen LogP contribution in [0.3, 0.4) is 0 Å². The lowest BCUT2D eigenvalue weighted by atomic mass is 9.96. The lowest BCUT2D eigenvalue weighted by Gasteiger charge is -2.12. The second-order valence-corrected chi connectivity index (χ2v) is 6.23. The number of benzene rings is 3. The van der Waals surface area contributed by atoms with Crippen molar-refractivity contribution in [3.05, 3.63) is 82.7 Å². The van der Waals surface area contributed by atoms with E-state index in [-0.39, 0.29) is 0 Å². The third kappa shape index (κ3) is 2.72. The number of aromatic nitrogens is 2. The topological polar surface area (TPSA) is 25.8 Å². The second kappa shape index (κ2) is 6.08. The van der Waals surface area contributed by atoms with Gasteiger partial charge >= 0.3 is 0 Å². The molecule has 0 aliphatic rings. The zero-order valence-corrected chi connectivity index (χ0v) is 14.4. The van der Waals surface area contributed by atoms with E-state index in [2.05, 4.69) is 82.2 Å². The Labute approximate surface area is 148 Å². The van der Waals surface area contributed by atoms with Crippen LogP contribution in [0.25, 0.3) is 33.3 Å². The van der Waals surface area contributed by atoms with Crippen molar-refractivity contribution in [2.75, 3.05) is 0 Å². The van der Waals surface area contributed by atoms with Gasteiger partial charge in [-0.25, -0.2) is 9.97 Å². The van der Waals surface area contributed by atoms with Gasteiger partial charge in [0.25, 0.3) is 0 Å². The number of hydrogen-bond acceptors (Lipinski definition) is 2. The first-order chi connectivity index (χ1) is 11.3. The van der Waals surface area contributed by atoms with Gasteiger partial charge in [0.15, 0.2) is 3.83 Å². The van der Waals surface area contributed by atoms with E-state index in [9.17, 15) is 0 Å². The Morgan fingerprint density at radius 1 is 0.609 bits per heavy atom. The zero-order valence-electron chi connectivity index (χ0n) is 12.3. The average Bonchev–Trinajstić information content (AvgIpc) is 2.62. The summed E-state index contributed by atoms with van der Waals surface area (Å²) >= 11 is 2.18. The lowest BCUT2D eigenvalue weighted by Crippen LogP contribution is -1.95. The molecule has 0 saturated carbocycles. The second-order valence-electron chi connectivity index (χ2n) is 5.27. The molecule has 0 N–H and O–H groups in total. The van der Waals surface area contributed by atoms with Crippen LogP contribution >= 0.6 is 22.6 Å². The molecular weight excluding hydrogens is 395 g/mol. The van der Waals surface area contributed by atoms with Crippen molar-refractivity contribution in [2.24, 2.45) is 0 Å². The Morgan fingerprint density at radius 2 is 1.26 bits per heavy atom. The highest BCUT2D eigenvalue weighted by Crippen LogP contribution is 2.34. The highest BCUT2D eigenvalue weighted by atomic mass is 127. The van der Waals surface area contributed by atoms with Crippen LogP contribution in [0.4, 0.5) is 0 Å². The largest absolute Gasteiger partial charge is 0.223 e. The van der Waals surface area contributed by atoms with Crippen LogP contribution in [-0.4, -0.2) is 9.97 Å². The van der Waals surface area contributed by atoms with Crippen molar-refractivity contribution in [3.63, 3.8) is 0 Å². The van der Waals surface area contributed by atoms with Gasteiger partial charge in [-0.15, -0.1) is 0 Å². The third-order valence-corrected chi connectivity index (χ3v) is 4.33. The molecule has 0 aliphatic heterocycles. The molecule has 1 heterocycles. The average molecular weight is 408 g/mol. The Hall–Kier alpha value is -2.27. The summed E-state index contributed by atoms with van der Waals surface area (Å²) in [7, 11) is 0. The summed E-state index contributed by atoms with van der Waals surface area (Å²) in [6.07, 6.45) is 0. The van der Waals surface area contributed by atoms with E-state index < -0.39 is 0 Å². The summed E-state index contributed by atoms with van der Waals surface area (Å²) < 4.78 is 0.763. The Kier molecular flexibility index (Phi) is 3.79. The Balaban J connectivity index is 2.03. The summed E-state index contributed by atoms with van der Waals surface area (Å²) in [6.45, 7) is 0. The SMILES string of the molecule is Ic1nc(-c2ccccc2-c2ccccc2)c2ccccc2n1. The predicted molar refractivity (Wildman–Crippen MR) is 103 cm³/mol. The van der Waals surface area contributed by atoms with Gasteiger partial charge in [0.2, 0.25) is 0 Å². The van der Waals surface area contributed by atoms with Gasteiger partial charge in [-0.05, 0) is 17.2 Å². The minimum atomic E-state index is 0.763. The highest BCUT2D eigenvalue weighted by molar-refractivity contribution is 14.1. The minimum absolute atomic E-state index is 0.763. The Bertz CT molecular complexity index is 981. The van der Waals surface area contributed by atoms with Crippen LogP contribution < -0.4 is 0 Å². The van der Waals surface area contributed by atoms with Gasteiger partial charge in [-0.3, -0.25) is 0 Å². The molecule has 0 aliphatic carbocycles. The fourth-order valence-corrected chi connectivity index (χ4v) is 3.31. The van der Waals surface area contributed by atoms with Crippen molar-refractivity contribution in [1.82, 2.24) is 9.97 Å². The summed E-state index contributed by atoms with van der Waals surface area (Å²) in [5.41, 5.74) is 5.48. The molecule has 3 heteroatoms. The molecule has 0 unspecified atom stereocenters. The van der Waals surface area contributed by atoms with Crippen molar-refractivity contribution >= 4 is 33.5 Å². The first-order valence-corrected chi connectivity index (χ1v) is 8.48. The fraction of sp³-hybridized carbons (Fsp3) is 0. The van der Waals surface area contributed by atoms with E-state index in [1.165, 1.54) is 11.1 Å². The number of rotatable bonds is 2. The summed E-state index contributed by atoms with van der Waals surface area (Å²) in [5.74, 6) is 0. The van der Waals surface area contributed by atoms with E-state index in [1.807, 2.05) is 24.3 Å². The molecule has 0 atom stereocenters. The predicted octanol–water partition coefficient (Wildman–Crippen LogP) is 5.57. The standard InChI is InChI=1S/C20H13IN2/c21-20-22-18-13-7-6-12-17(18)19(23-20)16-11-5-4-10-15(16)14-8-2-1-3-9-14/h1-13H. The monoisotopic (exact) mass is 408 g/mol. The van der Waals surface area contributed by atoms with Crippen LogP contribution in [0.1, 0.15) is 0 Å². The van der Waals surface area contributed by atoms with Gasteiger partial charge in [-0.1, -0.05) is 72.8 Å². The van der Waals surface area contributed by atoms with Crippen LogP contribution in [0.2, 0.25) is 0 Å². The smallest absolute Gasteiger partial charge is 0.191 e. The quantitative estimate of drug-likeness (QED) is 0.320. The molecule has 110 valence electrons. The molecule has 2 nitrogen and oxygen atoms in total. The lowest BCUT2D eigenvalue weighted by molar-refractivity contribution is 1.16. The maximum Gasteiger partial charge on any atom is 0.191 e. The molecule has 4 aromatic rings.